The van der Waals surface area contributed by atoms with Crippen LogP contribution in [0.2, 0.25) is 0 Å². The molecule has 0 saturated heterocycles. The topological polar surface area (TPSA) is 157 Å². The lowest BCUT2D eigenvalue weighted by Crippen LogP contribution is -2.07. The summed E-state index contributed by atoms with van der Waals surface area (Å²) in [5.41, 5.74) is 0.435. The molecule has 0 aliphatic rings. The molecule has 0 bridgehead atoms. The van der Waals surface area contributed by atoms with E-state index in [9.17, 15) is 4.79 Å². The van der Waals surface area contributed by atoms with E-state index >= 15 is 0 Å². The second kappa shape index (κ2) is 64.8. The Bertz CT molecular complexity index is 1010. The molecule has 0 heterocycles. The molecule has 0 aliphatic heterocycles. The van der Waals surface area contributed by atoms with Crippen molar-refractivity contribution in [3.8, 4) is 0 Å². The van der Waals surface area contributed by atoms with Gasteiger partial charge < -0.3 is 66.7 Å². The van der Waals surface area contributed by atoms with Crippen LogP contribution in [0.5, 0.6) is 0 Å². The third kappa shape index (κ3) is 64.7. The fraction of sp³-hybridized carbons (Fsp3) is 0.946. The Morgan fingerprint density at radius 1 is 0.254 bits per heavy atom. The number of aliphatic hydroxyl groups is 1. The largest absolute Gasteiger partial charge is 0.462 e. The summed E-state index contributed by atoms with van der Waals surface area (Å²) >= 11 is 0. The predicted molar refractivity (Wildman–Crippen MR) is 283 cm³/mol. The van der Waals surface area contributed by atoms with E-state index < -0.39 is 0 Å². The minimum atomic E-state index is -0.324. The molecule has 0 spiro atoms. The Hall–Kier alpha value is -1.31. The number of hydrogen-bond acceptors (Lipinski definition) is 15. The molecule has 0 saturated carbocycles. The first-order chi connectivity index (χ1) is 35.2. The van der Waals surface area contributed by atoms with Gasteiger partial charge in [0.1, 0.15) is 0 Å². The van der Waals surface area contributed by atoms with Gasteiger partial charge in [0.05, 0.1) is 6.61 Å². The minimum Gasteiger partial charge on any atom is -0.462 e. The monoisotopic (exact) mass is 1020 g/mol. The van der Waals surface area contributed by atoms with Crippen LogP contribution in [0, 0.1) is 0 Å². The highest BCUT2D eigenvalue weighted by Crippen LogP contribution is 2.04. The SMILES string of the molecule is C=C(C)C(=O)OCCCCOCCCCOCCCCOCCCCOCCCCOCCCCOCCCCOCCCCOCCCCOCCCCOCCCCOCCCCOCCCCO. The van der Waals surface area contributed by atoms with Gasteiger partial charge in [0.15, 0.2) is 0 Å². The first-order valence-electron chi connectivity index (χ1n) is 28.5. The highest BCUT2D eigenvalue weighted by Gasteiger charge is 2.03. The van der Waals surface area contributed by atoms with Crippen LogP contribution in [0.25, 0.3) is 0 Å². The average Bonchev–Trinajstić information content (AvgIpc) is 3.37. The van der Waals surface area contributed by atoms with Crippen LogP contribution in [0.3, 0.4) is 0 Å². The van der Waals surface area contributed by atoms with Gasteiger partial charge in [-0.2, -0.15) is 0 Å². The van der Waals surface area contributed by atoms with E-state index in [2.05, 4.69) is 6.58 Å². The maximum absolute atomic E-state index is 11.3. The number of rotatable bonds is 65. The second-order valence-electron chi connectivity index (χ2n) is 18.2. The van der Waals surface area contributed by atoms with E-state index in [0.717, 1.165) is 319 Å². The summed E-state index contributed by atoms with van der Waals surface area (Å²) in [5.74, 6) is -0.324. The standard InChI is InChI=1S/C56H110O15/c1-55(2)56(58)71-54-28-27-53-70-52-26-25-51-69-50-24-23-49-68-48-22-21-47-67-46-20-19-45-66-44-18-17-43-65-42-16-15-41-64-40-14-13-39-63-38-12-11-37-62-36-10-9-35-61-34-8-7-33-60-32-6-5-31-59-30-4-3-29-57/h57H,1,3-54H2,2H3. The van der Waals surface area contributed by atoms with E-state index in [1.807, 2.05) is 0 Å². The summed E-state index contributed by atoms with van der Waals surface area (Å²) in [6.45, 7) is 24.8. The van der Waals surface area contributed by atoms with Gasteiger partial charge in [-0.25, -0.2) is 4.79 Å². The van der Waals surface area contributed by atoms with E-state index in [1.54, 1.807) is 6.92 Å². The molecule has 0 aromatic rings. The molecular formula is C56H110O15. The molecule has 15 nitrogen and oxygen atoms in total. The summed E-state index contributed by atoms with van der Waals surface area (Å²) in [6.07, 6.45) is 26.2. The van der Waals surface area contributed by atoms with Crippen molar-refractivity contribution in [2.24, 2.45) is 0 Å². The van der Waals surface area contributed by atoms with Crippen molar-refractivity contribution < 1.29 is 71.5 Å². The summed E-state index contributed by atoms with van der Waals surface area (Å²) in [5, 5.41) is 8.74. The molecule has 1 N–H and O–H groups in total. The Kier molecular flexibility index (Phi) is 63.6. The molecule has 0 aromatic carbocycles. The molecule has 0 amide bonds. The fourth-order valence-electron chi connectivity index (χ4n) is 6.63. The molecule has 71 heavy (non-hydrogen) atoms. The van der Waals surface area contributed by atoms with Gasteiger partial charge in [0.2, 0.25) is 0 Å². The van der Waals surface area contributed by atoms with E-state index in [4.69, 9.17) is 66.7 Å². The van der Waals surface area contributed by atoms with Crippen LogP contribution in [-0.2, 0) is 66.4 Å². The van der Waals surface area contributed by atoms with Gasteiger partial charge in [0.25, 0.3) is 0 Å². The molecule has 0 rings (SSSR count). The van der Waals surface area contributed by atoms with Crippen molar-refractivity contribution >= 4 is 5.97 Å². The smallest absolute Gasteiger partial charge is 0.333 e. The van der Waals surface area contributed by atoms with Crippen molar-refractivity contribution in [3.63, 3.8) is 0 Å². The number of ether oxygens (including phenoxy) is 13. The molecule has 0 radical (unpaired) electrons. The number of unbranched alkanes of at least 4 members (excludes halogenated alkanes) is 13. The average molecular weight is 1020 g/mol. The zero-order valence-corrected chi connectivity index (χ0v) is 45.6. The number of aliphatic hydroxyl groups excluding tert-OH is 1. The van der Waals surface area contributed by atoms with Gasteiger partial charge in [-0.05, 0) is 174 Å². The normalized spacial score (nSPS) is 11.6. The van der Waals surface area contributed by atoms with Gasteiger partial charge in [-0.15, -0.1) is 0 Å². The summed E-state index contributed by atoms with van der Waals surface area (Å²) in [7, 11) is 0. The third-order valence-electron chi connectivity index (χ3n) is 11.1. The van der Waals surface area contributed by atoms with Gasteiger partial charge in [-0.3, -0.25) is 0 Å². The quantitative estimate of drug-likeness (QED) is 0.0348. The summed E-state index contributed by atoms with van der Waals surface area (Å²) < 4.78 is 73.7. The maximum atomic E-state index is 11.3. The Morgan fingerprint density at radius 3 is 0.507 bits per heavy atom. The molecule has 0 aromatic heterocycles. The van der Waals surface area contributed by atoms with Crippen molar-refractivity contribution in [1.29, 1.82) is 0 Å². The zero-order valence-electron chi connectivity index (χ0n) is 45.6. The summed E-state index contributed by atoms with van der Waals surface area (Å²) in [6, 6.07) is 0. The fourth-order valence-corrected chi connectivity index (χ4v) is 6.63. The lowest BCUT2D eigenvalue weighted by Gasteiger charge is -2.08. The third-order valence-corrected chi connectivity index (χ3v) is 11.1. The molecule has 0 atom stereocenters. The Labute approximate surface area is 434 Å². The van der Waals surface area contributed by atoms with Crippen LogP contribution in [0.4, 0.5) is 0 Å². The lowest BCUT2D eigenvalue weighted by molar-refractivity contribution is -0.139. The van der Waals surface area contributed by atoms with Gasteiger partial charge in [-0.1, -0.05) is 6.58 Å². The molecular weight excluding hydrogens is 913 g/mol. The molecule has 0 aliphatic carbocycles. The molecule has 0 fully saturated rings. The van der Waals surface area contributed by atoms with E-state index in [0.29, 0.717) is 18.8 Å². The first-order valence-corrected chi connectivity index (χ1v) is 28.5. The van der Waals surface area contributed by atoms with Crippen LogP contribution >= 0.6 is 0 Å². The Balaban J connectivity index is 3.08. The van der Waals surface area contributed by atoms with Crippen molar-refractivity contribution in [2.75, 3.05) is 172 Å². The van der Waals surface area contributed by atoms with Crippen LogP contribution < -0.4 is 0 Å². The number of hydrogen-bond donors (Lipinski definition) is 1. The molecule has 15 heteroatoms. The molecule has 0 unspecified atom stereocenters. The highest BCUT2D eigenvalue weighted by atomic mass is 16.5. The van der Waals surface area contributed by atoms with Crippen molar-refractivity contribution in [2.45, 2.75) is 174 Å². The van der Waals surface area contributed by atoms with Gasteiger partial charge in [0, 0.05) is 171 Å². The first kappa shape index (κ1) is 69.7. The van der Waals surface area contributed by atoms with E-state index in [-0.39, 0.29) is 12.6 Å². The van der Waals surface area contributed by atoms with Crippen LogP contribution in [-0.4, -0.2) is 183 Å². The van der Waals surface area contributed by atoms with Crippen LogP contribution in [0.15, 0.2) is 12.2 Å². The zero-order chi connectivity index (χ0) is 51.1. The maximum Gasteiger partial charge on any atom is 0.333 e. The second-order valence-corrected chi connectivity index (χ2v) is 18.2. The molecule has 424 valence electrons. The van der Waals surface area contributed by atoms with Crippen molar-refractivity contribution in [1.82, 2.24) is 0 Å². The van der Waals surface area contributed by atoms with Crippen LogP contribution in [0.1, 0.15) is 174 Å². The van der Waals surface area contributed by atoms with Crippen molar-refractivity contribution in [3.05, 3.63) is 12.2 Å². The lowest BCUT2D eigenvalue weighted by atomic mass is 10.3. The Morgan fingerprint density at radius 2 is 0.380 bits per heavy atom. The number of carbonyl (C=O) groups excluding carboxylic acids is 1. The van der Waals surface area contributed by atoms with Gasteiger partial charge >= 0.3 is 5.97 Å². The minimum absolute atomic E-state index is 0.248. The highest BCUT2D eigenvalue weighted by molar-refractivity contribution is 5.86. The number of esters is 1. The van der Waals surface area contributed by atoms with E-state index in [1.165, 1.54) is 0 Å². The predicted octanol–water partition coefficient (Wildman–Crippen LogP) is 10.4. The number of carbonyl (C=O) groups is 1. The summed E-state index contributed by atoms with van der Waals surface area (Å²) in [4.78, 5) is 11.3.